The molecule has 6 heteroatoms. The Balaban J connectivity index is 2.33. The summed E-state index contributed by atoms with van der Waals surface area (Å²) in [5, 5.41) is 18.2. The number of aryl methyl sites for hydroxylation is 1. The summed E-state index contributed by atoms with van der Waals surface area (Å²) < 4.78 is 1.74. The van der Waals surface area contributed by atoms with Gasteiger partial charge in [0.15, 0.2) is 5.16 Å². The molecule has 1 aromatic rings. The fourth-order valence-electron chi connectivity index (χ4n) is 0.629. The van der Waals surface area contributed by atoms with E-state index in [-0.39, 0.29) is 6.42 Å². The number of carbonyl (C=O) groups is 1. The predicted molar refractivity (Wildman–Crippen MR) is 41.4 cm³/mol. The average Bonchev–Trinajstić information content (AvgIpc) is 2.36. The van der Waals surface area contributed by atoms with E-state index in [0.717, 1.165) is 5.16 Å². The lowest BCUT2D eigenvalue weighted by atomic mass is 10.5. The molecule has 0 aliphatic rings. The van der Waals surface area contributed by atoms with Crippen LogP contribution >= 0.6 is 11.8 Å². The Morgan fingerprint density at radius 3 is 3.08 bits per heavy atom. The van der Waals surface area contributed by atoms with Crippen molar-refractivity contribution in [1.82, 2.24) is 14.8 Å². The van der Waals surface area contributed by atoms with Crippen LogP contribution in [0.3, 0.4) is 0 Å². The number of hydrogen-bond donors (Lipinski definition) is 0. The fraction of sp³-hybridized carbons (Fsp3) is 0.500. The third kappa shape index (κ3) is 2.54. The molecule has 0 saturated heterocycles. The zero-order valence-electron chi connectivity index (χ0n) is 6.56. The monoisotopic (exact) mass is 186 g/mol. The first-order valence-corrected chi connectivity index (χ1v) is 4.35. The highest BCUT2D eigenvalue weighted by atomic mass is 32.2. The minimum atomic E-state index is -1.04. The van der Waals surface area contributed by atoms with E-state index in [0.29, 0.717) is 5.75 Å². The van der Waals surface area contributed by atoms with Crippen molar-refractivity contribution in [2.45, 2.75) is 11.6 Å². The first kappa shape index (κ1) is 9.05. The molecule has 0 unspecified atom stereocenters. The second kappa shape index (κ2) is 4.10. The van der Waals surface area contributed by atoms with Crippen molar-refractivity contribution >= 4 is 17.7 Å². The van der Waals surface area contributed by atoms with E-state index in [1.165, 1.54) is 11.8 Å². The second-order valence-electron chi connectivity index (χ2n) is 2.19. The maximum atomic E-state index is 10.0. The highest BCUT2D eigenvalue weighted by Gasteiger charge is 1.99. The Morgan fingerprint density at radius 1 is 1.83 bits per heavy atom. The number of hydrogen-bond acceptors (Lipinski definition) is 5. The number of rotatable bonds is 4. The molecule has 0 bridgehead atoms. The summed E-state index contributed by atoms with van der Waals surface area (Å²) >= 11 is 1.35. The van der Waals surface area contributed by atoms with Gasteiger partial charge in [-0.15, -0.1) is 10.2 Å². The smallest absolute Gasteiger partial charge is 0.190 e. The molecule has 1 aromatic heterocycles. The Hall–Kier alpha value is -1.04. The zero-order chi connectivity index (χ0) is 8.97. The minimum absolute atomic E-state index is 0.0392. The van der Waals surface area contributed by atoms with Crippen LogP contribution in [0.5, 0.6) is 0 Å². The molecule has 0 aromatic carbocycles. The van der Waals surface area contributed by atoms with Crippen LogP contribution in [0.25, 0.3) is 0 Å². The summed E-state index contributed by atoms with van der Waals surface area (Å²) in [6, 6.07) is 0. The van der Waals surface area contributed by atoms with Gasteiger partial charge in [0, 0.05) is 18.8 Å². The summed E-state index contributed by atoms with van der Waals surface area (Å²) in [5.41, 5.74) is 0. The third-order valence-electron chi connectivity index (χ3n) is 1.21. The average molecular weight is 186 g/mol. The molecule has 5 nitrogen and oxygen atoms in total. The van der Waals surface area contributed by atoms with Gasteiger partial charge in [0.05, 0.1) is 0 Å². The number of aliphatic carboxylic acids is 1. The number of nitrogens with zero attached hydrogens (tertiary/aromatic N) is 3. The quantitative estimate of drug-likeness (QED) is 0.567. The van der Waals surface area contributed by atoms with Gasteiger partial charge in [-0.05, 0) is 6.42 Å². The molecule has 0 amide bonds. The van der Waals surface area contributed by atoms with E-state index in [1.807, 2.05) is 0 Å². The summed E-state index contributed by atoms with van der Waals surface area (Å²) in [6.07, 6.45) is 1.61. The first-order chi connectivity index (χ1) is 5.70. The van der Waals surface area contributed by atoms with E-state index < -0.39 is 5.97 Å². The van der Waals surface area contributed by atoms with Crippen LogP contribution in [0.1, 0.15) is 6.42 Å². The van der Waals surface area contributed by atoms with E-state index in [2.05, 4.69) is 10.2 Å². The SMILES string of the molecule is Cn1cnnc1SCCC(=O)[O-]. The lowest BCUT2D eigenvalue weighted by Gasteiger charge is -2.00. The van der Waals surface area contributed by atoms with Crippen LogP contribution in [0.2, 0.25) is 0 Å². The van der Waals surface area contributed by atoms with Crippen molar-refractivity contribution in [2.75, 3.05) is 5.75 Å². The van der Waals surface area contributed by atoms with E-state index in [4.69, 9.17) is 0 Å². The molecule has 0 fully saturated rings. The first-order valence-electron chi connectivity index (χ1n) is 3.37. The van der Waals surface area contributed by atoms with Crippen LogP contribution < -0.4 is 5.11 Å². The molecule has 0 aliphatic heterocycles. The number of thioether (sulfide) groups is 1. The molecule has 0 saturated carbocycles. The highest BCUT2D eigenvalue weighted by molar-refractivity contribution is 7.99. The topological polar surface area (TPSA) is 70.8 Å². The van der Waals surface area contributed by atoms with Gasteiger partial charge >= 0.3 is 0 Å². The van der Waals surface area contributed by atoms with E-state index in [1.54, 1.807) is 17.9 Å². The number of carbonyl (C=O) groups excluding carboxylic acids is 1. The normalized spacial score (nSPS) is 10.1. The Kier molecular flexibility index (Phi) is 3.09. The van der Waals surface area contributed by atoms with Crippen molar-refractivity contribution in [1.29, 1.82) is 0 Å². The molecule has 1 rings (SSSR count). The third-order valence-corrected chi connectivity index (χ3v) is 2.24. The van der Waals surface area contributed by atoms with Crippen molar-refractivity contribution in [3.63, 3.8) is 0 Å². The summed E-state index contributed by atoms with van der Waals surface area (Å²) in [4.78, 5) is 10.0. The largest absolute Gasteiger partial charge is 0.550 e. The van der Waals surface area contributed by atoms with Gasteiger partial charge in [-0.1, -0.05) is 11.8 Å². The molecule has 0 spiro atoms. The fourth-order valence-corrected chi connectivity index (χ4v) is 1.44. The van der Waals surface area contributed by atoms with Crippen LogP contribution in [0.4, 0.5) is 0 Å². The number of aromatic nitrogens is 3. The van der Waals surface area contributed by atoms with Gasteiger partial charge in [0.1, 0.15) is 6.33 Å². The maximum Gasteiger partial charge on any atom is 0.190 e. The summed E-state index contributed by atoms with van der Waals surface area (Å²) in [5.74, 6) is -0.570. The Bertz CT molecular complexity index is 274. The molecular formula is C6H8N3O2S-. The van der Waals surface area contributed by atoms with Crippen molar-refractivity contribution < 1.29 is 9.90 Å². The van der Waals surface area contributed by atoms with Crippen LogP contribution in [-0.4, -0.2) is 26.5 Å². The van der Waals surface area contributed by atoms with Crippen molar-refractivity contribution in [3.05, 3.63) is 6.33 Å². The lowest BCUT2D eigenvalue weighted by molar-refractivity contribution is -0.305. The molecule has 1 heterocycles. The lowest BCUT2D eigenvalue weighted by Crippen LogP contribution is -2.22. The van der Waals surface area contributed by atoms with Gasteiger partial charge in [-0.2, -0.15) is 0 Å². The Labute approximate surface area is 73.8 Å². The van der Waals surface area contributed by atoms with Crippen LogP contribution in [0.15, 0.2) is 11.5 Å². The van der Waals surface area contributed by atoms with Gasteiger partial charge in [0.2, 0.25) is 0 Å². The minimum Gasteiger partial charge on any atom is -0.550 e. The standard InChI is InChI=1S/C6H9N3O2S/c1-9-4-7-8-6(9)12-3-2-5(10)11/h4H,2-3H2,1H3,(H,10,11)/p-1. The zero-order valence-corrected chi connectivity index (χ0v) is 7.37. The highest BCUT2D eigenvalue weighted by Crippen LogP contribution is 2.13. The molecular weight excluding hydrogens is 178 g/mol. The summed E-state index contributed by atoms with van der Waals surface area (Å²) in [6.45, 7) is 0. The molecule has 0 radical (unpaired) electrons. The van der Waals surface area contributed by atoms with Gasteiger partial charge in [0.25, 0.3) is 0 Å². The maximum absolute atomic E-state index is 10.0. The number of carboxylic acid groups (broad SMARTS) is 1. The van der Waals surface area contributed by atoms with E-state index in [9.17, 15) is 9.90 Å². The van der Waals surface area contributed by atoms with Gasteiger partial charge in [-0.25, -0.2) is 0 Å². The van der Waals surface area contributed by atoms with Crippen LogP contribution in [0, 0.1) is 0 Å². The molecule has 0 atom stereocenters. The van der Waals surface area contributed by atoms with Gasteiger partial charge in [-0.3, -0.25) is 0 Å². The summed E-state index contributed by atoms with van der Waals surface area (Å²) in [7, 11) is 1.81. The Morgan fingerprint density at radius 2 is 2.58 bits per heavy atom. The van der Waals surface area contributed by atoms with Crippen molar-refractivity contribution in [2.24, 2.45) is 7.05 Å². The van der Waals surface area contributed by atoms with Crippen LogP contribution in [-0.2, 0) is 11.8 Å². The molecule has 12 heavy (non-hydrogen) atoms. The van der Waals surface area contributed by atoms with E-state index >= 15 is 0 Å². The second-order valence-corrected chi connectivity index (χ2v) is 3.26. The number of carboxylic acids is 1. The molecule has 0 N–H and O–H groups in total. The van der Waals surface area contributed by atoms with Gasteiger partial charge < -0.3 is 14.5 Å². The predicted octanol–water partition coefficient (Wildman–Crippen LogP) is -0.953. The van der Waals surface area contributed by atoms with Crippen molar-refractivity contribution in [3.8, 4) is 0 Å². The molecule has 66 valence electrons. The molecule has 0 aliphatic carbocycles.